The molecule has 2 N–H and O–H groups in total. The largest absolute Gasteiger partial charge is 0.481 e. The van der Waals surface area contributed by atoms with Gasteiger partial charge in [0.15, 0.2) is 0 Å². The highest BCUT2D eigenvalue weighted by Gasteiger charge is 2.51. The molecule has 2 aromatic rings. The van der Waals surface area contributed by atoms with Gasteiger partial charge in [0.1, 0.15) is 0 Å². The topological polar surface area (TPSA) is 53.1 Å². The number of aromatic amines is 1. The van der Waals surface area contributed by atoms with Crippen LogP contribution < -0.4 is 0 Å². The molecule has 3 heteroatoms. The lowest BCUT2D eigenvalue weighted by Gasteiger charge is -2.57. The maximum atomic E-state index is 11.1. The molecule has 1 heterocycles. The molecule has 1 aromatic heterocycles. The minimum absolute atomic E-state index is 0.102. The van der Waals surface area contributed by atoms with E-state index < -0.39 is 5.97 Å². The van der Waals surface area contributed by atoms with Gasteiger partial charge in [0.05, 0.1) is 6.42 Å². The van der Waals surface area contributed by atoms with E-state index in [1.165, 1.54) is 44.1 Å². The Bertz CT molecular complexity index is 753. The summed E-state index contributed by atoms with van der Waals surface area (Å²) in [4.78, 5) is 14.3. The first-order valence-electron chi connectivity index (χ1n) is 8.94. The summed E-state index contributed by atoms with van der Waals surface area (Å²) in [5.74, 6) is 2.04. The van der Waals surface area contributed by atoms with Crippen molar-refractivity contribution >= 4 is 16.9 Å². The van der Waals surface area contributed by atoms with Crippen LogP contribution in [-0.2, 0) is 16.6 Å². The number of H-pyrrole nitrogens is 1. The summed E-state index contributed by atoms with van der Waals surface area (Å²) < 4.78 is 0. The molecule has 4 aliphatic carbocycles. The zero-order valence-corrected chi connectivity index (χ0v) is 13.3. The molecule has 23 heavy (non-hydrogen) atoms. The van der Waals surface area contributed by atoms with Crippen LogP contribution in [0.3, 0.4) is 0 Å². The predicted octanol–water partition coefficient (Wildman–Crippen LogP) is 4.26. The Morgan fingerprint density at radius 3 is 2.39 bits per heavy atom. The lowest BCUT2D eigenvalue weighted by atomic mass is 9.48. The average molecular weight is 309 g/mol. The molecule has 1 aromatic carbocycles. The third kappa shape index (κ3) is 2.05. The highest BCUT2D eigenvalue weighted by Crippen LogP contribution is 2.60. The molecule has 0 aliphatic heterocycles. The summed E-state index contributed by atoms with van der Waals surface area (Å²) >= 11 is 0. The van der Waals surface area contributed by atoms with Gasteiger partial charge >= 0.3 is 5.97 Å². The Balaban J connectivity index is 1.59. The zero-order chi connectivity index (χ0) is 15.6. The maximum absolute atomic E-state index is 11.1. The number of nitrogens with one attached hydrogen (secondary N) is 1. The van der Waals surface area contributed by atoms with Gasteiger partial charge in [0, 0.05) is 17.1 Å². The molecule has 3 nitrogen and oxygen atoms in total. The third-order valence-electron chi connectivity index (χ3n) is 6.76. The molecule has 0 spiro atoms. The maximum Gasteiger partial charge on any atom is 0.307 e. The van der Waals surface area contributed by atoms with E-state index in [9.17, 15) is 4.79 Å². The van der Waals surface area contributed by atoms with Crippen molar-refractivity contribution in [3.63, 3.8) is 0 Å². The van der Waals surface area contributed by atoms with Crippen molar-refractivity contribution in [3.05, 3.63) is 35.5 Å². The first-order chi connectivity index (χ1) is 11.1. The van der Waals surface area contributed by atoms with Crippen LogP contribution in [0, 0.1) is 17.8 Å². The van der Waals surface area contributed by atoms with E-state index in [0.717, 1.165) is 34.2 Å². The van der Waals surface area contributed by atoms with Crippen LogP contribution >= 0.6 is 0 Å². The molecule has 6 rings (SSSR count). The number of carboxylic acids is 1. The van der Waals surface area contributed by atoms with E-state index in [-0.39, 0.29) is 6.42 Å². The molecule has 4 aliphatic rings. The number of rotatable bonds is 3. The lowest BCUT2D eigenvalue weighted by molar-refractivity contribution is -0.136. The standard InChI is InChI=1S/C20H23NO2/c22-19(23)6-15-11-21-18-2-1-16(7-17(15)18)20-8-12-3-13(9-20)5-14(4-12)10-20/h1-2,7,11-14,21H,3-6,8-10H2,(H,22,23). The SMILES string of the molecule is O=C(O)Cc1c[nH]c2ccc(C34CC5CC(CC(C5)C3)C4)cc12. The quantitative estimate of drug-likeness (QED) is 0.890. The Morgan fingerprint density at radius 1 is 1.13 bits per heavy atom. The van der Waals surface area contributed by atoms with Crippen molar-refractivity contribution in [1.29, 1.82) is 0 Å². The molecule has 0 radical (unpaired) electrons. The molecule has 0 amide bonds. The van der Waals surface area contributed by atoms with Crippen LogP contribution in [0.25, 0.3) is 10.9 Å². The summed E-state index contributed by atoms with van der Waals surface area (Å²) in [5, 5.41) is 10.2. The van der Waals surface area contributed by atoms with Crippen molar-refractivity contribution in [1.82, 2.24) is 4.98 Å². The fraction of sp³-hybridized carbons (Fsp3) is 0.550. The molecule has 0 saturated heterocycles. The van der Waals surface area contributed by atoms with Crippen molar-refractivity contribution < 1.29 is 9.90 Å². The second-order valence-electron chi connectivity index (χ2n) is 8.34. The summed E-state index contributed by atoms with van der Waals surface area (Å²) in [6.45, 7) is 0. The van der Waals surface area contributed by atoms with E-state index in [1.54, 1.807) is 0 Å². The number of aliphatic carboxylic acids is 1. The van der Waals surface area contributed by atoms with Crippen LogP contribution in [0.2, 0.25) is 0 Å². The van der Waals surface area contributed by atoms with Gasteiger partial charge in [-0.3, -0.25) is 4.79 Å². The van der Waals surface area contributed by atoms with Gasteiger partial charge in [0.25, 0.3) is 0 Å². The number of carbonyl (C=O) groups is 1. The Kier molecular flexibility index (Phi) is 2.74. The van der Waals surface area contributed by atoms with Gasteiger partial charge < -0.3 is 10.1 Å². The van der Waals surface area contributed by atoms with Crippen LogP contribution in [0.4, 0.5) is 0 Å². The monoisotopic (exact) mass is 309 g/mol. The fourth-order valence-corrected chi connectivity index (χ4v) is 6.28. The van der Waals surface area contributed by atoms with Crippen LogP contribution in [-0.4, -0.2) is 16.1 Å². The Morgan fingerprint density at radius 2 is 1.78 bits per heavy atom. The number of hydrogen-bond acceptors (Lipinski definition) is 1. The van der Waals surface area contributed by atoms with E-state index in [1.807, 2.05) is 6.20 Å². The summed E-state index contributed by atoms with van der Waals surface area (Å²) in [5.41, 5.74) is 3.82. The van der Waals surface area contributed by atoms with Gasteiger partial charge in [-0.2, -0.15) is 0 Å². The average Bonchev–Trinajstić information content (AvgIpc) is 2.88. The second kappa shape index (κ2) is 4.62. The number of fused-ring (bicyclic) bond motifs is 1. The van der Waals surface area contributed by atoms with Crippen LogP contribution in [0.5, 0.6) is 0 Å². The van der Waals surface area contributed by atoms with Crippen LogP contribution in [0.15, 0.2) is 24.4 Å². The third-order valence-corrected chi connectivity index (χ3v) is 6.76. The highest BCUT2D eigenvalue weighted by atomic mass is 16.4. The summed E-state index contributed by atoms with van der Waals surface area (Å²) in [6.07, 6.45) is 10.4. The molecule has 0 unspecified atom stereocenters. The van der Waals surface area contributed by atoms with Crippen molar-refractivity contribution in [3.8, 4) is 0 Å². The summed E-state index contributed by atoms with van der Waals surface area (Å²) in [7, 11) is 0. The first kappa shape index (κ1) is 13.6. The molecule has 120 valence electrons. The van der Waals surface area contributed by atoms with Crippen molar-refractivity contribution in [2.24, 2.45) is 17.8 Å². The van der Waals surface area contributed by atoms with Gasteiger partial charge in [-0.15, -0.1) is 0 Å². The summed E-state index contributed by atoms with van der Waals surface area (Å²) in [6, 6.07) is 6.77. The minimum Gasteiger partial charge on any atom is -0.481 e. The lowest BCUT2D eigenvalue weighted by Crippen LogP contribution is -2.48. The highest BCUT2D eigenvalue weighted by molar-refractivity contribution is 5.87. The van der Waals surface area contributed by atoms with E-state index in [2.05, 4.69) is 23.2 Å². The number of hydrogen-bond donors (Lipinski definition) is 2. The minimum atomic E-state index is -0.758. The fourth-order valence-electron chi connectivity index (χ4n) is 6.28. The number of benzene rings is 1. The second-order valence-corrected chi connectivity index (χ2v) is 8.34. The molecular weight excluding hydrogens is 286 g/mol. The predicted molar refractivity (Wildman–Crippen MR) is 89.5 cm³/mol. The molecule has 4 bridgehead atoms. The normalized spacial score (nSPS) is 35.0. The van der Waals surface area contributed by atoms with E-state index in [4.69, 9.17) is 5.11 Å². The Hall–Kier alpha value is -1.77. The smallest absolute Gasteiger partial charge is 0.307 e. The van der Waals surface area contributed by atoms with Gasteiger partial charge in [0.2, 0.25) is 0 Å². The van der Waals surface area contributed by atoms with E-state index >= 15 is 0 Å². The van der Waals surface area contributed by atoms with Gasteiger partial charge in [-0.05, 0) is 85.0 Å². The van der Waals surface area contributed by atoms with Gasteiger partial charge in [-0.25, -0.2) is 0 Å². The molecule has 4 fully saturated rings. The first-order valence-corrected chi connectivity index (χ1v) is 8.94. The molecule has 4 saturated carbocycles. The molecular formula is C20H23NO2. The van der Waals surface area contributed by atoms with Gasteiger partial charge in [-0.1, -0.05) is 6.07 Å². The molecule has 0 atom stereocenters. The van der Waals surface area contributed by atoms with Crippen molar-refractivity contribution in [2.45, 2.75) is 50.4 Å². The van der Waals surface area contributed by atoms with Crippen LogP contribution in [0.1, 0.15) is 49.7 Å². The van der Waals surface area contributed by atoms with Crippen molar-refractivity contribution in [2.75, 3.05) is 0 Å². The van der Waals surface area contributed by atoms with E-state index in [0.29, 0.717) is 5.41 Å². The number of carboxylic acid groups (broad SMARTS) is 1. The Labute approximate surface area is 136 Å². The zero-order valence-electron chi connectivity index (χ0n) is 13.3. The number of aromatic nitrogens is 1.